The van der Waals surface area contributed by atoms with Gasteiger partial charge in [-0.15, -0.1) is 0 Å². The van der Waals surface area contributed by atoms with Crippen molar-refractivity contribution in [2.75, 3.05) is 0 Å². The molecule has 5 heteroatoms. The smallest absolute Gasteiger partial charge is 0.184 e. The van der Waals surface area contributed by atoms with Crippen molar-refractivity contribution in [3.63, 3.8) is 0 Å². The van der Waals surface area contributed by atoms with Crippen LogP contribution in [0.2, 0.25) is 0 Å². The van der Waals surface area contributed by atoms with Gasteiger partial charge in [0.15, 0.2) is 5.11 Å². The summed E-state index contributed by atoms with van der Waals surface area (Å²) >= 11 is 4.54. The highest BCUT2D eigenvalue weighted by molar-refractivity contribution is 7.80. The molecule has 1 heterocycles. The monoisotopic (exact) mass is 180 g/mol. The number of nitrogens with one attached hydrogen (secondary N) is 1. The molecule has 0 saturated carbocycles. The molecule has 62 valence electrons. The van der Waals surface area contributed by atoms with Crippen molar-refractivity contribution < 1.29 is 0 Å². The summed E-state index contributed by atoms with van der Waals surface area (Å²) in [4.78, 5) is 4.00. The van der Waals surface area contributed by atoms with E-state index in [-0.39, 0.29) is 5.11 Å². The largest absolute Gasteiger partial charge is 0.375 e. The molecule has 1 aromatic rings. The van der Waals surface area contributed by atoms with E-state index in [9.17, 15) is 0 Å². The molecule has 0 aliphatic carbocycles. The molecule has 0 aliphatic rings. The SMILES string of the molecule is NC(=S)N/N=C/c1ccccn1. The third kappa shape index (κ3) is 3.07. The molecule has 1 rings (SSSR count). The summed E-state index contributed by atoms with van der Waals surface area (Å²) in [6, 6.07) is 5.53. The predicted molar refractivity (Wildman–Crippen MR) is 51.8 cm³/mol. The molecule has 12 heavy (non-hydrogen) atoms. The van der Waals surface area contributed by atoms with Crippen molar-refractivity contribution in [1.29, 1.82) is 0 Å². The Kier molecular flexibility index (Phi) is 3.16. The molecule has 1 aromatic heterocycles. The van der Waals surface area contributed by atoms with E-state index in [0.717, 1.165) is 5.69 Å². The number of hydrazone groups is 1. The Hall–Kier alpha value is -1.49. The lowest BCUT2D eigenvalue weighted by atomic mass is 10.4. The van der Waals surface area contributed by atoms with Gasteiger partial charge in [0.1, 0.15) is 0 Å². The first-order valence-electron chi connectivity index (χ1n) is 3.28. The molecular formula is C7H8N4S. The topological polar surface area (TPSA) is 63.3 Å². The van der Waals surface area contributed by atoms with E-state index >= 15 is 0 Å². The predicted octanol–water partition coefficient (Wildman–Crippen LogP) is 0.249. The number of rotatable bonds is 2. The molecule has 0 amide bonds. The number of nitrogens with zero attached hydrogens (tertiary/aromatic N) is 2. The average Bonchev–Trinajstić information content (AvgIpc) is 2.05. The summed E-state index contributed by atoms with van der Waals surface area (Å²) in [7, 11) is 0. The lowest BCUT2D eigenvalue weighted by Gasteiger charge is -1.92. The molecule has 0 spiro atoms. The van der Waals surface area contributed by atoms with Crippen LogP contribution in [0, 0.1) is 0 Å². The second kappa shape index (κ2) is 4.40. The molecule has 0 saturated heterocycles. The molecule has 0 aromatic carbocycles. The summed E-state index contributed by atoms with van der Waals surface area (Å²) in [5.41, 5.74) is 8.33. The Morgan fingerprint density at radius 1 is 1.67 bits per heavy atom. The van der Waals surface area contributed by atoms with Crippen molar-refractivity contribution >= 4 is 23.5 Å². The highest BCUT2D eigenvalue weighted by Gasteiger charge is 1.84. The van der Waals surface area contributed by atoms with Gasteiger partial charge in [0.25, 0.3) is 0 Å². The van der Waals surface area contributed by atoms with Gasteiger partial charge in [0.2, 0.25) is 0 Å². The van der Waals surface area contributed by atoms with Crippen LogP contribution in [0.3, 0.4) is 0 Å². The lowest BCUT2D eigenvalue weighted by Crippen LogP contribution is -2.24. The van der Waals surface area contributed by atoms with Gasteiger partial charge in [0.05, 0.1) is 11.9 Å². The van der Waals surface area contributed by atoms with Crippen LogP contribution in [0.25, 0.3) is 0 Å². The third-order valence-corrected chi connectivity index (χ3v) is 1.15. The number of thiocarbonyl (C=S) groups is 1. The second-order valence-electron chi connectivity index (χ2n) is 1.99. The van der Waals surface area contributed by atoms with Crippen LogP contribution < -0.4 is 11.2 Å². The van der Waals surface area contributed by atoms with Crippen molar-refractivity contribution in [1.82, 2.24) is 10.4 Å². The van der Waals surface area contributed by atoms with E-state index in [1.165, 1.54) is 0 Å². The number of nitrogens with two attached hydrogens (primary N) is 1. The van der Waals surface area contributed by atoms with Gasteiger partial charge in [-0.25, -0.2) is 0 Å². The molecule has 3 N–H and O–H groups in total. The maximum absolute atomic E-state index is 5.14. The molecule has 0 fully saturated rings. The molecule has 0 aliphatic heterocycles. The Morgan fingerprint density at radius 2 is 2.50 bits per heavy atom. The fourth-order valence-corrected chi connectivity index (χ4v) is 0.667. The zero-order valence-electron chi connectivity index (χ0n) is 6.27. The highest BCUT2D eigenvalue weighted by Crippen LogP contribution is 1.86. The third-order valence-electron chi connectivity index (χ3n) is 1.06. The van der Waals surface area contributed by atoms with E-state index in [4.69, 9.17) is 5.73 Å². The maximum atomic E-state index is 5.14. The molecule has 4 nitrogen and oxygen atoms in total. The van der Waals surface area contributed by atoms with Gasteiger partial charge in [-0.1, -0.05) is 6.07 Å². The fraction of sp³-hybridized carbons (Fsp3) is 0. The Balaban J connectivity index is 2.52. The van der Waals surface area contributed by atoms with E-state index < -0.39 is 0 Å². The van der Waals surface area contributed by atoms with Crippen molar-refractivity contribution in [3.8, 4) is 0 Å². The minimum Gasteiger partial charge on any atom is -0.375 e. The first-order chi connectivity index (χ1) is 5.79. The van der Waals surface area contributed by atoms with Gasteiger partial charge in [0, 0.05) is 6.20 Å². The second-order valence-corrected chi connectivity index (χ2v) is 2.43. The number of hydrogen-bond donors (Lipinski definition) is 2. The number of hydrogen-bond acceptors (Lipinski definition) is 3. The Morgan fingerprint density at radius 3 is 3.08 bits per heavy atom. The Bertz CT molecular complexity index is 283. The van der Waals surface area contributed by atoms with Gasteiger partial charge in [-0.3, -0.25) is 10.4 Å². The van der Waals surface area contributed by atoms with Gasteiger partial charge < -0.3 is 5.73 Å². The first kappa shape index (κ1) is 8.61. The van der Waals surface area contributed by atoms with Crippen LogP contribution in [0.5, 0.6) is 0 Å². The Labute approximate surface area is 75.5 Å². The standard InChI is InChI=1S/C7H8N4S/c8-7(12)11-10-5-6-3-1-2-4-9-6/h1-5H,(H3,8,11,12)/b10-5+. The van der Waals surface area contributed by atoms with E-state index in [0.29, 0.717) is 0 Å². The summed E-state index contributed by atoms with van der Waals surface area (Å²) < 4.78 is 0. The van der Waals surface area contributed by atoms with Crippen LogP contribution in [-0.4, -0.2) is 16.3 Å². The lowest BCUT2D eigenvalue weighted by molar-refractivity contribution is 1.04. The normalized spacial score (nSPS) is 10.0. The van der Waals surface area contributed by atoms with Crippen molar-refractivity contribution in [3.05, 3.63) is 30.1 Å². The summed E-state index contributed by atoms with van der Waals surface area (Å²) in [5, 5.41) is 3.88. The quantitative estimate of drug-likeness (QED) is 0.389. The van der Waals surface area contributed by atoms with Crippen LogP contribution in [0.15, 0.2) is 29.5 Å². The average molecular weight is 180 g/mol. The molecule has 0 atom stereocenters. The molecular weight excluding hydrogens is 172 g/mol. The van der Waals surface area contributed by atoms with Gasteiger partial charge in [-0.2, -0.15) is 5.10 Å². The summed E-state index contributed by atoms with van der Waals surface area (Å²) in [6.45, 7) is 0. The first-order valence-corrected chi connectivity index (χ1v) is 3.69. The zero-order chi connectivity index (χ0) is 8.81. The van der Waals surface area contributed by atoms with Crippen LogP contribution in [-0.2, 0) is 0 Å². The zero-order valence-corrected chi connectivity index (χ0v) is 7.08. The minimum absolute atomic E-state index is 0.141. The summed E-state index contributed by atoms with van der Waals surface area (Å²) in [5.74, 6) is 0. The number of aromatic nitrogens is 1. The molecule has 0 radical (unpaired) electrons. The van der Waals surface area contributed by atoms with Crippen molar-refractivity contribution in [2.24, 2.45) is 10.8 Å². The fourth-order valence-electron chi connectivity index (χ4n) is 0.614. The molecule has 0 bridgehead atoms. The number of pyridine rings is 1. The van der Waals surface area contributed by atoms with Gasteiger partial charge >= 0.3 is 0 Å². The highest BCUT2D eigenvalue weighted by atomic mass is 32.1. The van der Waals surface area contributed by atoms with Crippen LogP contribution in [0.4, 0.5) is 0 Å². The van der Waals surface area contributed by atoms with E-state index in [1.807, 2.05) is 18.2 Å². The minimum atomic E-state index is 0.141. The van der Waals surface area contributed by atoms with E-state index in [2.05, 4.69) is 27.7 Å². The van der Waals surface area contributed by atoms with Crippen molar-refractivity contribution in [2.45, 2.75) is 0 Å². The van der Waals surface area contributed by atoms with Crippen LogP contribution >= 0.6 is 12.2 Å². The van der Waals surface area contributed by atoms with E-state index in [1.54, 1.807) is 12.4 Å². The molecule has 0 unspecified atom stereocenters. The summed E-state index contributed by atoms with van der Waals surface area (Å²) in [6.07, 6.45) is 3.22. The maximum Gasteiger partial charge on any atom is 0.184 e. The van der Waals surface area contributed by atoms with Gasteiger partial charge in [-0.05, 0) is 24.4 Å². The van der Waals surface area contributed by atoms with Crippen LogP contribution in [0.1, 0.15) is 5.69 Å².